The molecule has 25 heavy (non-hydrogen) atoms. The monoisotopic (exact) mass is 380 g/mol. The predicted molar refractivity (Wildman–Crippen MR) is 99.3 cm³/mol. The van der Waals surface area contributed by atoms with Crippen LogP contribution in [0, 0.1) is 13.8 Å². The molecule has 0 aromatic heterocycles. The smallest absolute Gasteiger partial charge is 0.241 e. The van der Waals surface area contributed by atoms with Crippen LogP contribution in [-0.2, 0) is 21.2 Å². The molecule has 2 N–H and O–H groups in total. The number of halogens is 1. The lowest BCUT2D eigenvalue weighted by Crippen LogP contribution is -2.37. The highest BCUT2D eigenvalue weighted by Gasteiger charge is 2.17. The Morgan fingerprint density at radius 1 is 1.12 bits per heavy atom. The van der Waals surface area contributed by atoms with E-state index in [9.17, 15) is 13.2 Å². The summed E-state index contributed by atoms with van der Waals surface area (Å²) in [5.41, 5.74) is 2.49. The van der Waals surface area contributed by atoms with E-state index >= 15 is 0 Å². The highest BCUT2D eigenvalue weighted by Crippen LogP contribution is 2.16. The number of carbonyl (C=O) groups excluding carboxylic acids is 1. The standard InChI is InChI=1S/C18H21ClN2O3S/c1-13-6-7-14(2)17(10-13)25(23,24)21-12-18(22)20-9-8-15-4-3-5-16(19)11-15/h3-7,10-11,21H,8-9,12H2,1-2H3,(H,20,22). The maximum absolute atomic E-state index is 12.3. The lowest BCUT2D eigenvalue weighted by atomic mass is 10.1. The molecule has 0 atom stereocenters. The maximum Gasteiger partial charge on any atom is 0.241 e. The zero-order chi connectivity index (χ0) is 18.4. The molecule has 1 amide bonds. The van der Waals surface area contributed by atoms with Crippen molar-refractivity contribution in [1.82, 2.24) is 10.0 Å². The molecule has 0 unspecified atom stereocenters. The van der Waals surface area contributed by atoms with Gasteiger partial charge < -0.3 is 5.32 Å². The van der Waals surface area contributed by atoms with Gasteiger partial charge in [0.15, 0.2) is 0 Å². The summed E-state index contributed by atoms with van der Waals surface area (Å²) in [5, 5.41) is 3.34. The zero-order valence-electron chi connectivity index (χ0n) is 14.2. The normalized spacial score (nSPS) is 11.3. The van der Waals surface area contributed by atoms with Gasteiger partial charge in [0.2, 0.25) is 15.9 Å². The van der Waals surface area contributed by atoms with E-state index in [4.69, 9.17) is 11.6 Å². The number of hydrogen-bond donors (Lipinski definition) is 2. The fourth-order valence-corrected chi connectivity index (χ4v) is 3.86. The summed E-state index contributed by atoms with van der Waals surface area (Å²) in [4.78, 5) is 12.1. The molecular weight excluding hydrogens is 360 g/mol. The van der Waals surface area contributed by atoms with E-state index in [1.54, 1.807) is 25.1 Å². The second-order valence-electron chi connectivity index (χ2n) is 5.82. The van der Waals surface area contributed by atoms with Crippen LogP contribution in [0.4, 0.5) is 0 Å². The zero-order valence-corrected chi connectivity index (χ0v) is 15.7. The first-order chi connectivity index (χ1) is 11.8. The molecular formula is C18H21ClN2O3S. The minimum atomic E-state index is -3.72. The number of amides is 1. The van der Waals surface area contributed by atoms with Crippen LogP contribution in [0.5, 0.6) is 0 Å². The van der Waals surface area contributed by atoms with Crippen molar-refractivity contribution in [3.8, 4) is 0 Å². The Labute approximate surface area is 153 Å². The van der Waals surface area contributed by atoms with Gasteiger partial charge in [-0.15, -0.1) is 0 Å². The molecule has 0 aliphatic rings. The van der Waals surface area contributed by atoms with Gasteiger partial charge in [-0.1, -0.05) is 35.9 Å². The summed E-state index contributed by atoms with van der Waals surface area (Å²) in [7, 11) is -3.72. The second kappa shape index (κ2) is 8.47. The summed E-state index contributed by atoms with van der Waals surface area (Å²) in [5.74, 6) is -0.379. The highest BCUT2D eigenvalue weighted by atomic mass is 35.5. The number of nitrogens with one attached hydrogen (secondary N) is 2. The first kappa shape index (κ1) is 19.4. The molecule has 0 aliphatic heterocycles. The van der Waals surface area contributed by atoms with Crippen molar-refractivity contribution in [2.45, 2.75) is 25.2 Å². The van der Waals surface area contributed by atoms with Gasteiger partial charge in [-0.2, -0.15) is 0 Å². The third-order valence-corrected chi connectivity index (χ3v) is 5.46. The lowest BCUT2D eigenvalue weighted by molar-refractivity contribution is -0.119. The molecule has 0 saturated heterocycles. The molecule has 2 aromatic rings. The molecule has 2 rings (SSSR count). The van der Waals surface area contributed by atoms with E-state index in [0.717, 1.165) is 11.1 Å². The van der Waals surface area contributed by atoms with E-state index in [0.29, 0.717) is 23.6 Å². The summed E-state index contributed by atoms with van der Waals surface area (Å²) in [6, 6.07) is 12.6. The van der Waals surface area contributed by atoms with Gasteiger partial charge in [-0.3, -0.25) is 4.79 Å². The number of rotatable bonds is 7. The van der Waals surface area contributed by atoms with Gasteiger partial charge in [0.25, 0.3) is 0 Å². The average molecular weight is 381 g/mol. The van der Waals surface area contributed by atoms with Crippen molar-refractivity contribution < 1.29 is 13.2 Å². The van der Waals surface area contributed by atoms with Gasteiger partial charge in [-0.05, 0) is 55.2 Å². The summed E-state index contributed by atoms with van der Waals surface area (Å²) in [6.45, 7) is 3.65. The Bertz CT molecular complexity index is 866. The molecule has 0 bridgehead atoms. The first-order valence-electron chi connectivity index (χ1n) is 7.86. The topological polar surface area (TPSA) is 75.3 Å². The molecule has 0 radical (unpaired) electrons. The van der Waals surface area contributed by atoms with E-state index in [-0.39, 0.29) is 17.3 Å². The number of aryl methyl sites for hydroxylation is 2. The number of hydrogen-bond acceptors (Lipinski definition) is 3. The molecule has 2 aromatic carbocycles. The fraction of sp³-hybridized carbons (Fsp3) is 0.278. The van der Waals surface area contributed by atoms with Crippen LogP contribution in [0.25, 0.3) is 0 Å². The maximum atomic E-state index is 12.3. The van der Waals surface area contributed by atoms with Crippen molar-refractivity contribution >= 4 is 27.5 Å². The van der Waals surface area contributed by atoms with Crippen LogP contribution in [0.3, 0.4) is 0 Å². The second-order valence-corrected chi connectivity index (χ2v) is 8.00. The average Bonchev–Trinajstić information content (AvgIpc) is 2.55. The molecule has 0 spiro atoms. The molecule has 0 saturated carbocycles. The fourth-order valence-electron chi connectivity index (χ4n) is 2.34. The van der Waals surface area contributed by atoms with Gasteiger partial charge in [0.05, 0.1) is 11.4 Å². The molecule has 5 nitrogen and oxygen atoms in total. The van der Waals surface area contributed by atoms with Gasteiger partial charge in [0, 0.05) is 11.6 Å². The van der Waals surface area contributed by atoms with Crippen molar-refractivity contribution in [2.24, 2.45) is 0 Å². The Hall–Kier alpha value is -1.89. The number of sulfonamides is 1. The van der Waals surface area contributed by atoms with E-state index in [2.05, 4.69) is 10.0 Å². The Balaban J connectivity index is 1.85. The van der Waals surface area contributed by atoms with E-state index < -0.39 is 10.0 Å². The van der Waals surface area contributed by atoms with Crippen LogP contribution in [0.15, 0.2) is 47.4 Å². The van der Waals surface area contributed by atoms with Crippen LogP contribution in [0.1, 0.15) is 16.7 Å². The molecule has 7 heteroatoms. The van der Waals surface area contributed by atoms with Crippen molar-refractivity contribution in [1.29, 1.82) is 0 Å². The Morgan fingerprint density at radius 2 is 1.88 bits per heavy atom. The minimum absolute atomic E-state index is 0.194. The number of carbonyl (C=O) groups is 1. The lowest BCUT2D eigenvalue weighted by Gasteiger charge is -2.10. The number of benzene rings is 2. The van der Waals surface area contributed by atoms with E-state index in [1.807, 2.05) is 31.2 Å². The third-order valence-electron chi connectivity index (χ3n) is 3.68. The van der Waals surface area contributed by atoms with Gasteiger partial charge in [-0.25, -0.2) is 13.1 Å². The van der Waals surface area contributed by atoms with Crippen molar-refractivity contribution in [3.63, 3.8) is 0 Å². The Kier molecular flexibility index (Phi) is 6.58. The van der Waals surface area contributed by atoms with Crippen LogP contribution < -0.4 is 10.0 Å². The SMILES string of the molecule is Cc1ccc(C)c(S(=O)(=O)NCC(=O)NCCc2cccc(Cl)c2)c1. The third kappa shape index (κ3) is 5.85. The van der Waals surface area contributed by atoms with Gasteiger partial charge in [0.1, 0.15) is 0 Å². The first-order valence-corrected chi connectivity index (χ1v) is 9.72. The molecule has 0 aliphatic carbocycles. The van der Waals surface area contributed by atoms with E-state index in [1.165, 1.54) is 0 Å². The van der Waals surface area contributed by atoms with Crippen molar-refractivity contribution in [3.05, 3.63) is 64.2 Å². The van der Waals surface area contributed by atoms with Crippen LogP contribution in [0.2, 0.25) is 5.02 Å². The quantitative estimate of drug-likeness (QED) is 0.775. The molecule has 0 fully saturated rings. The Morgan fingerprint density at radius 3 is 2.60 bits per heavy atom. The molecule has 0 heterocycles. The predicted octanol–water partition coefficient (Wildman–Crippen LogP) is 2.59. The van der Waals surface area contributed by atoms with Gasteiger partial charge >= 0.3 is 0 Å². The van der Waals surface area contributed by atoms with Crippen molar-refractivity contribution in [2.75, 3.05) is 13.1 Å². The van der Waals surface area contributed by atoms with Crippen LogP contribution >= 0.6 is 11.6 Å². The summed E-state index contributed by atoms with van der Waals surface area (Å²) < 4.78 is 27.0. The largest absolute Gasteiger partial charge is 0.355 e. The molecule has 134 valence electrons. The minimum Gasteiger partial charge on any atom is -0.355 e. The van der Waals surface area contributed by atoms with Crippen LogP contribution in [-0.4, -0.2) is 27.4 Å². The summed E-state index contributed by atoms with van der Waals surface area (Å²) >= 11 is 5.90. The highest BCUT2D eigenvalue weighted by molar-refractivity contribution is 7.89. The summed E-state index contributed by atoms with van der Waals surface area (Å²) in [6.07, 6.45) is 0.621.